The van der Waals surface area contributed by atoms with Gasteiger partial charge in [0.15, 0.2) is 0 Å². The molecule has 0 heterocycles. The van der Waals surface area contributed by atoms with E-state index in [1.54, 1.807) is 30.3 Å². The summed E-state index contributed by atoms with van der Waals surface area (Å²) in [6.45, 7) is 0. The van der Waals surface area contributed by atoms with Gasteiger partial charge in [-0.25, -0.2) is 9.59 Å². The van der Waals surface area contributed by atoms with Gasteiger partial charge in [0, 0.05) is 12.1 Å². The predicted molar refractivity (Wildman–Crippen MR) is 80.1 cm³/mol. The highest BCUT2D eigenvalue weighted by atomic mass is 16.4. The summed E-state index contributed by atoms with van der Waals surface area (Å²) in [6.07, 6.45) is 0.188. The Labute approximate surface area is 122 Å². The van der Waals surface area contributed by atoms with E-state index in [4.69, 9.17) is 5.73 Å². The topological polar surface area (TPSA) is 83.6 Å². The molecule has 5 heteroatoms. The molecule has 0 aliphatic rings. The van der Waals surface area contributed by atoms with Gasteiger partial charge < -0.3 is 10.8 Å². The molecule has 0 fully saturated rings. The zero-order chi connectivity index (χ0) is 15.2. The van der Waals surface area contributed by atoms with Gasteiger partial charge in [0.2, 0.25) is 0 Å². The summed E-state index contributed by atoms with van der Waals surface area (Å²) in [6, 6.07) is 15.9. The van der Waals surface area contributed by atoms with E-state index in [2.05, 4.69) is 0 Å². The minimum absolute atomic E-state index is 0.188. The Morgan fingerprint density at radius 2 is 1.52 bits per heavy atom. The van der Waals surface area contributed by atoms with E-state index < -0.39 is 18.0 Å². The van der Waals surface area contributed by atoms with E-state index in [1.807, 2.05) is 30.3 Å². The number of rotatable bonds is 5. The average molecular weight is 284 g/mol. The number of carbonyl (C=O) groups excluding carboxylic acids is 1. The first-order valence-electron chi connectivity index (χ1n) is 6.50. The van der Waals surface area contributed by atoms with Gasteiger partial charge in [-0.15, -0.1) is 0 Å². The molecule has 2 amide bonds. The third-order valence-corrected chi connectivity index (χ3v) is 3.14. The van der Waals surface area contributed by atoms with Gasteiger partial charge >= 0.3 is 12.0 Å². The third kappa shape index (κ3) is 3.60. The number of aliphatic carboxylic acids is 1. The summed E-state index contributed by atoms with van der Waals surface area (Å²) in [5, 5.41) is 9.47. The number of hydrogen-bond donors (Lipinski definition) is 2. The van der Waals surface area contributed by atoms with Crippen molar-refractivity contribution in [3.8, 4) is 0 Å². The monoisotopic (exact) mass is 284 g/mol. The van der Waals surface area contributed by atoms with Crippen LogP contribution in [0.2, 0.25) is 0 Å². The van der Waals surface area contributed by atoms with Crippen LogP contribution in [0, 0.1) is 0 Å². The Balaban J connectivity index is 2.34. The molecular formula is C16H16N2O3. The Morgan fingerprint density at radius 1 is 1.00 bits per heavy atom. The van der Waals surface area contributed by atoms with Crippen molar-refractivity contribution in [1.29, 1.82) is 0 Å². The standard InChI is InChI=1S/C16H16N2O3/c17-16(21)18(13-9-5-2-6-10-13)14(15(19)20)11-12-7-3-1-4-8-12/h1-10,14H,11H2,(H2,17,21)(H,19,20). The fourth-order valence-corrected chi connectivity index (χ4v) is 2.18. The van der Waals surface area contributed by atoms with Gasteiger partial charge in [-0.2, -0.15) is 0 Å². The lowest BCUT2D eigenvalue weighted by atomic mass is 10.0. The minimum Gasteiger partial charge on any atom is -0.480 e. The van der Waals surface area contributed by atoms with Crippen LogP contribution < -0.4 is 10.6 Å². The maximum atomic E-state index is 11.7. The molecule has 21 heavy (non-hydrogen) atoms. The van der Waals surface area contributed by atoms with E-state index >= 15 is 0 Å². The van der Waals surface area contributed by atoms with Crippen molar-refractivity contribution in [3.05, 3.63) is 66.2 Å². The number of carbonyl (C=O) groups is 2. The first-order chi connectivity index (χ1) is 10.1. The summed E-state index contributed by atoms with van der Waals surface area (Å²) < 4.78 is 0. The van der Waals surface area contributed by atoms with Crippen molar-refractivity contribution in [2.75, 3.05) is 4.90 Å². The van der Waals surface area contributed by atoms with Crippen LogP contribution in [0.3, 0.4) is 0 Å². The van der Waals surface area contributed by atoms with Gasteiger partial charge in [0.05, 0.1) is 0 Å². The minimum atomic E-state index is -1.10. The van der Waals surface area contributed by atoms with Crippen LogP contribution >= 0.6 is 0 Å². The number of carboxylic acid groups (broad SMARTS) is 1. The molecule has 3 N–H and O–H groups in total. The Bertz CT molecular complexity index is 614. The molecule has 0 aliphatic heterocycles. The highest BCUT2D eigenvalue weighted by molar-refractivity contribution is 5.97. The second kappa shape index (κ2) is 6.56. The molecule has 5 nitrogen and oxygen atoms in total. The Kier molecular flexibility index (Phi) is 4.56. The Hall–Kier alpha value is -2.82. The van der Waals surface area contributed by atoms with Gasteiger partial charge in [-0.05, 0) is 17.7 Å². The lowest BCUT2D eigenvalue weighted by Gasteiger charge is -2.27. The van der Waals surface area contributed by atoms with Crippen molar-refractivity contribution < 1.29 is 14.7 Å². The molecule has 0 aromatic heterocycles. The number of nitrogens with zero attached hydrogens (tertiary/aromatic N) is 1. The lowest BCUT2D eigenvalue weighted by molar-refractivity contribution is -0.138. The molecule has 0 saturated heterocycles. The fraction of sp³-hybridized carbons (Fsp3) is 0.125. The SMILES string of the molecule is NC(=O)N(c1ccccc1)C(Cc1ccccc1)C(=O)O. The van der Waals surface area contributed by atoms with E-state index in [0.29, 0.717) is 5.69 Å². The van der Waals surface area contributed by atoms with Gasteiger partial charge in [0.1, 0.15) is 6.04 Å². The maximum absolute atomic E-state index is 11.7. The van der Waals surface area contributed by atoms with Crippen molar-refractivity contribution >= 4 is 17.7 Å². The number of hydrogen-bond acceptors (Lipinski definition) is 2. The molecule has 1 atom stereocenters. The lowest BCUT2D eigenvalue weighted by Crippen LogP contribution is -2.49. The molecular weight excluding hydrogens is 268 g/mol. The zero-order valence-electron chi connectivity index (χ0n) is 11.3. The largest absolute Gasteiger partial charge is 0.480 e. The van der Waals surface area contributed by atoms with Crippen molar-refractivity contribution in [2.24, 2.45) is 5.73 Å². The van der Waals surface area contributed by atoms with Crippen LogP contribution in [0.25, 0.3) is 0 Å². The molecule has 2 rings (SSSR count). The summed E-state index contributed by atoms with van der Waals surface area (Å²) in [5.41, 5.74) is 6.68. The number of primary amides is 1. The second-order valence-corrected chi connectivity index (χ2v) is 4.59. The fourth-order valence-electron chi connectivity index (χ4n) is 2.18. The molecule has 0 spiro atoms. The van der Waals surface area contributed by atoms with Gasteiger partial charge in [0.25, 0.3) is 0 Å². The molecule has 108 valence electrons. The first kappa shape index (κ1) is 14.6. The summed E-state index contributed by atoms with van der Waals surface area (Å²) in [4.78, 5) is 24.4. The number of para-hydroxylation sites is 1. The van der Waals surface area contributed by atoms with Crippen LogP contribution in [0.4, 0.5) is 10.5 Å². The average Bonchev–Trinajstić information content (AvgIpc) is 2.48. The maximum Gasteiger partial charge on any atom is 0.327 e. The number of benzene rings is 2. The first-order valence-corrected chi connectivity index (χ1v) is 6.50. The quantitative estimate of drug-likeness (QED) is 0.883. The molecule has 2 aromatic carbocycles. The molecule has 1 unspecified atom stereocenters. The van der Waals surface area contributed by atoms with Crippen LogP contribution in [-0.2, 0) is 11.2 Å². The van der Waals surface area contributed by atoms with Crippen LogP contribution in [0.1, 0.15) is 5.56 Å². The molecule has 0 saturated carbocycles. The van der Waals surface area contributed by atoms with Crippen molar-refractivity contribution in [2.45, 2.75) is 12.5 Å². The van der Waals surface area contributed by atoms with E-state index in [0.717, 1.165) is 10.5 Å². The summed E-state index contributed by atoms with van der Waals surface area (Å²) >= 11 is 0. The molecule has 0 radical (unpaired) electrons. The van der Waals surface area contributed by atoms with E-state index in [1.165, 1.54) is 0 Å². The predicted octanol–water partition coefficient (Wildman–Crippen LogP) is 2.27. The molecule has 2 aromatic rings. The number of amides is 2. The number of carboxylic acids is 1. The zero-order valence-corrected chi connectivity index (χ0v) is 11.3. The van der Waals surface area contributed by atoms with Crippen LogP contribution in [0.5, 0.6) is 0 Å². The van der Waals surface area contributed by atoms with Crippen molar-refractivity contribution in [3.63, 3.8) is 0 Å². The second-order valence-electron chi connectivity index (χ2n) is 4.59. The van der Waals surface area contributed by atoms with Gasteiger partial charge in [-0.3, -0.25) is 4.90 Å². The number of anilines is 1. The number of nitrogens with two attached hydrogens (primary N) is 1. The van der Waals surface area contributed by atoms with Crippen molar-refractivity contribution in [1.82, 2.24) is 0 Å². The Morgan fingerprint density at radius 3 is 2.00 bits per heavy atom. The summed E-state index contributed by atoms with van der Waals surface area (Å²) in [5.74, 6) is -1.10. The van der Waals surface area contributed by atoms with Crippen LogP contribution in [-0.4, -0.2) is 23.1 Å². The van der Waals surface area contributed by atoms with E-state index in [9.17, 15) is 14.7 Å². The summed E-state index contributed by atoms with van der Waals surface area (Å²) in [7, 11) is 0. The molecule has 0 bridgehead atoms. The third-order valence-electron chi connectivity index (χ3n) is 3.14. The normalized spacial score (nSPS) is 11.6. The molecule has 0 aliphatic carbocycles. The number of urea groups is 1. The highest BCUT2D eigenvalue weighted by Crippen LogP contribution is 2.19. The van der Waals surface area contributed by atoms with Crippen LogP contribution in [0.15, 0.2) is 60.7 Å². The van der Waals surface area contributed by atoms with E-state index in [-0.39, 0.29) is 6.42 Å². The van der Waals surface area contributed by atoms with Gasteiger partial charge in [-0.1, -0.05) is 48.5 Å². The smallest absolute Gasteiger partial charge is 0.327 e. The highest BCUT2D eigenvalue weighted by Gasteiger charge is 2.29.